The van der Waals surface area contributed by atoms with Crippen molar-refractivity contribution in [1.82, 2.24) is 9.38 Å². The van der Waals surface area contributed by atoms with E-state index in [1.807, 2.05) is 28.1 Å². The van der Waals surface area contributed by atoms with Gasteiger partial charge in [-0.15, -0.1) is 11.3 Å². The second kappa shape index (κ2) is 3.31. The van der Waals surface area contributed by atoms with Gasteiger partial charge in [0.2, 0.25) is 5.88 Å². The van der Waals surface area contributed by atoms with Gasteiger partial charge >= 0.3 is 0 Å². The van der Waals surface area contributed by atoms with Crippen molar-refractivity contribution in [3.8, 4) is 5.88 Å². The SMILES string of the molecule is COc1nc(=O)c2cccn2c2sccc12. The number of ether oxygens (including phenoxy) is 1. The molecule has 0 unspecified atom stereocenters. The van der Waals surface area contributed by atoms with Crippen LogP contribution in [0.25, 0.3) is 15.7 Å². The number of hydrogen-bond acceptors (Lipinski definition) is 4. The summed E-state index contributed by atoms with van der Waals surface area (Å²) in [6, 6.07) is 5.50. The lowest BCUT2D eigenvalue weighted by molar-refractivity contribution is 0.403. The fourth-order valence-electron chi connectivity index (χ4n) is 1.75. The van der Waals surface area contributed by atoms with Crippen LogP contribution in [0.4, 0.5) is 0 Å². The Labute approximate surface area is 94.7 Å². The Morgan fingerprint density at radius 2 is 2.31 bits per heavy atom. The van der Waals surface area contributed by atoms with Gasteiger partial charge in [0.05, 0.1) is 12.5 Å². The van der Waals surface area contributed by atoms with Crippen LogP contribution in [-0.4, -0.2) is 16.5 Å². The molecular weight excluding hydrogens is 224 g/mol. The molecule has 3 heterocycles. The van der Waals surface area contributed by atoms with Gasteiger partial charge in [-0.2, -0.15) is 4.98 Å². The van der Waals surface area contributed by atoms with Crippen molar-refractivity contribution in [2.45, 2.75) is 0 Å². The fourth-order valence-corrected chi connectivity index (χ4v) is 2.64. The number of rotatable bonds is 1. The number of fused-ring (bicyclic) bond motifs is 3. The largest absolute Gasteiger partial charge is 0.480 e. The molecule has 0 atom stereocenters. The van der Waals surface area contributed by atoms with Gasteiger partial charge in [-0.3, -0.25) is 4.79 Å². The summed E-state index contributed by atoms with van der Waals surface area (Å²) in [5.41, 5.74) is 0.293. The maximum atomic E-state index is 11.8. The molecule has 4 nitrogen and oxygen atoms in total. The van der Waals surface area contributed by atoms with Crippen molar-refractivity contribution in [3.05, 3.63) is 40.1 Å². The molecule has 0 aliphatic heterocycles. The van der Waals surface area contributed by atoms with E-state index in [2.05, 4.69) is 4.98 Å². The second-order valence-corrected chi connectivity index (χ2v) is 4.22. The molecule has 0 spiro atoms. The Kier molecular flexibility index (Phi) is 1.94. The quantitative estimate of drug-likeness (QED) is 0.643. The summed E-state index contributed by atoms with van der Waals surface area (Å²) in [6.45, 7) is 0. The average Bonchev–Trinajstić information content (AvgIpc) is 2.91. The van der Waals surface area contributed by atoms with Gasteiger partial charge in [-0.1, -0.05) is 0 Å². The zero-order chi connectivity index (χ0) is 11.1. The monoisotopic (exact) mass is 232 g/mol. The minimum atomic E-state index is -0.273. The zero-order valence-electron chi connectivity index (χ0n) is 8.51. The fraction of sp³-hybridized carbons (Fsp3) is 0.0909. The van der Waals surface area contributed by atoms with Gasteiger partial charge in [0.25, 0.3) is 5.56 Å². The van der Waals surface area contributed by atoms with E-state index >= 15 is 0 Å². The van der Waals surface area contributed by atoms with E-state index < -0.39 is 0 Å². The summed E-state index contributed by atoms with van der Waals surface area (Å²) < 4.78 is 6.99. The van der Waals surface area contributed by atoms with E-state index in [0.717, 1.165) is 10.2 Å². The molecule has 0 aromatic carbocycles. The highest BCUT2D eigenvalue weighted by atomic mass is 32.1. The van der Waals surface area contributed by atoms with Gasteiger partial charge in [0.15, 0.2) is 0 Å². The molecule has 80 valence electrons. The highest BCUT2D eigenvalue weighted by molar-refractivity contribution is 7.16. The summed E-state index contributed by atoms with van der Waals surface area (Å²) in [7, 11) is 1.52. The predicted octanol–water partition coefficient (Wildman–Crippen LogP) is 1.92. The van der Waals surface area contributed by atoms with Crippen LogP contribution in [0.1, 0.15) is 0 Å². The van der Waals surface area contributed by atoms with Crippen LogP contribution in [0.3, 0.4) is 0 Å². The van der Waals surface area contributed by atoms with Crippen molar-refractivity contribution in [1.29, 1.82) is 0 Å². The van der Waals surface area contributed by atoms with Crippen LogP contribution in [0, 0.1) is 0 Å². The minimum absolute atomic E-state index is 0.273. The maximum Gasteiger partial charge on any atom is 0.297 e. The third kappa shape index (κ3) is 1.15. The Morgan fingerprint density at radius 3 is 3.12 bits per heavy atom. The molecule has 0 aliphatic carbocycles. The lowest BCUT2D eigenvalue weighted by Crippen LogP contribution is -2.04. The van der Waals surface area contributed by atoms with Crippen LogP contribution in [-0.2, 0) is 0 Å². The molecule has 0 radical (unpaired) electrons. The molecule has 16 heavy (non-hydrogen) atoms. The summed E-state index contributed by atoms with van der Waals surface area (Å²) in [4.78, 5) is 16.7. The first-order valence-electron chi connectivity index (χ1n) is 4.74. The lowest BCUT2D eigenvalue weighted by Gasteiger charge is -1.93. The molecule has 3 rings (SSSR count). The predicted molar refractivity (Wildman–Crippen MR) is 63.4 cm³/mol. The molecule has 0 bridgehead atoms. The summed E-state index contributed by atoms with van der Waals surface area (Å²) >= 11 is 1.56. The highest BCUT2D eigenvalue weighted by Gasteiger charge is 2.08. The Hall–Kier alpha value is -1.88. The van der Waals surface area contributed by atoms with E-state index in [9.17, 15) is 4.79 Å². The third-order valence-electron chi connectivity index (χ3n) is 2.46. The Bertz CT molecular complexity index is 730. The molecule has 3 aromatic rings. The van der Waals surface area contributed by atoms with Gasteiger partial charge in [-0.05, 0) is 23.6 Å². The number of methoxy groups -OCH3 is 1. The van der Waals surface area contributed by atoms with Crippen molar-refractivity contribution in [3.63, 3.8) is 0 Å². The van der Waals surface area contributed by atoms with E-state index in [-0.39, 0.29) is 5.56 Å². The Balaban J connectivity index is 2.70. The smallest absolute Gasteiger partial charge is 0.297 e. The van der Waals surface area contributed by atoms with Gasteiger partial charge in [-0.25, -0.2) is 0 Å². The van der Waals surface area contributed by atoms with Crippen molar-refractivity contribution in [2.24, 2.45) is 0 Å². The Morgan fingerprint density at radius 1 is 1.44 bits per heavy atom. The molecule has 0 N–H and O–H groups in total. The van der Waals surface area contributed by atoms with Crippen molar-refractivity contribution in [2.75, 3.05) is 7.11 Å². The van der Waals surface area contributed by atoms with E-state index in [4.69, 9.17) is 4.74 Å². The minimum Gasteiger partial charge on any atom is -0.480 e. The number of aromatic nitrogens is 2. The molecule has 0 fully saturated rings. The van der Waals surface area contributed by atoms with E-state index in [1.165, 1.54) is 7.11 Å². The van der Waals surface area contributed by atoms with Gasteiger partial charge in [0.1, 0.15) is 10.3 Å². The molecule has 5 heteroatoms. The van der Waals surface area contributed by atoms with Gasteiger partial charge < -0.3 is 9.14 Å². The normalized spacial score (nSPS) is 11.1. The van der Waals surface area contributed by atoms with Crippen molar-refractivity contribution >= 4 is 27.1 Å². The number of nitrogens with zero attached hydrogens (tertiary/aromatic N) is 2. The topological polar surface area (TPSA) is 43.6 Å². The van der Waals surface area contributed by atoms with Gasteiger partial charge in [0, 0.05) is 6.20 Å². The summed E-state index contributed by atoms with van der Waals surface area (Å²) in [5.74, 6) is 0.380. The first kappa shape index (κ1) is 9.35. The van der Waals surface area contributed by atoms with E-state index in [0.29, 0.717) is 11.4 Å². The molecular formula is C11H8N2O2S. The van der Waals surface area contributed by atoms with Crippen LogP contribution in [0.2, 0.25) is 0 Å². The molecule has 0 aliphatic rings. The molecule has 0 saturated carbocycles. The average molecular weight is 232 g/mol. The second-order valence-electron chi connectivity index (χ2n) is 3.33. The number of hydrogen-bond donors (Lipinski definition) is 0. The summed E-state index contributed by atoms with van der Waals surface area (Å²) in [5, 5.41) is 2.81. The van der Waals surface area contributed by atoms with Crippen molar-refractivity contribution < 1.29 is 4.74 Å². The van der Waals surface area contributed by atoms with Crippen LogP contribution in [0.15, 0.2) is 34.6 Å². The van der Waals surface area contributed by atoms with Crippen LogP contribution < -0.4 is 10.3 Å². The molecule has 0 saturated heterocycles. The zero-order valence-corrected chi connectivity index (χ0v) is 9.32. The van der Waals surface area contributed by atoms with Crippen LogP contribution >= 0.6 is 11.3 Å². The highest BCUT2D eigenvalue weighted by Crippen LogP contribution is 2.26. The summed E-state index contributed by atoms with van der Waals surface area (Å²) in [6.07, 6.45) is 1.86. The van der Waals surface area contributed by atoms with Crippen LogP contribution in [0.5, 0.6) is 5.88 Å². The lowest BCUT2D eigenvalue weighted by atomic mass is 10.4. The molecule has 3 aromatic heterocycles. The maximum absolute atomic E-state index is 11.8. The van der Waals surface area contributed by atoms with E-state index in [1.54, 1.807) is 17.4 Å². The third-order valence-corrected chi connectivity index (χ3v) is 3.37. The first-order valence-corrected chi connectivity index (χ1v) is 5.62. The first-order chi connectivity index (χ1) is 7.81. The standard InChI is InChI=1S/C11H8N2O2S/c1-15-10-7-4-6-16-11(7)13-5-2-3-8(13)9(14)12-10/h2-6H,1H3. The molecule has 0 amide bonds. The number of thiophene rings is 1.